The lowest BCUT2D eigenvalue weighted by atomic mass is 9.93. The first kappa shape index (κ1) is 11.5. The van der Waals surface area contributed by atoms with Crippen molar-refractivity contribution in [2.45, 2.75) is 25.3 Å². The highest BCUT2D eigenvalue weighted by molar-refractivity contribution is 5.32. The van der Waals surface area contributed by atoms with Crippen LogP contribution in [0.5, 0.6) is 0 Å². The van der Waals surface area contributed by atoms with E-state index in [2.05, 4.69) is 29.7 Å². The molecule has 1 heterocycles. The second-order valence-corrected chi connectivity index (χ2v) is 4.99. The smallest absolute Gasteiger partial charge is 0.105 e. The number of hydrogen-bond acceptors (Lipinski definition) is 3. The molecule has 0 spiro atoms. The number of nitrogens with two attached hydrogens (primary N) is 1. The summed E-state index contributed by atoms with van der Waals surface area (Å²) in [6.07, 6.45) is 4.77. The zero-order valence-electron chi connectivity index (χ0n) is 10.3. The second kappa shape index (κ2) is 4.96. The molecular weight excluding hydrogens is 224 g/mol. The fourth-order valence-electron chi connectivity index (χ4n) is 2.88. The minimum atomic E-state index is 0.267. The molecule has 1 atom stereocenters. The highest BCUT2D eigenvalue weighted by Crippen LogP contribution is 2.29. The van der Waals surface area contributed by atoms with Crippen LogP contribution in [0.2, 0.25) is 0 Å². The number of hydrogen-bond donors (Lipinski definition) is 2. The van der Waals surface area contributed by atoms with Crippen LogP contribution in [0.3, 0.4) is 0 Å². The second-order valence-electron chi connectivity index (χ2n) is 4.99. The Bertz CT molecular complexity index is 479. The van der Waals surface area contributed by atoms with Crippen LogP contribution in [0.25, 0.3) is 0 Å². The monoisotopic (exact) mass is 242 g/mol. The van der Waals surface area contributed by atoms with Gasteiger partial charge >= 0.3 is 0 Å². The molecule has 0 saturated heterocycles. The van der Waals surface area contributed by atoms with Crippen LogP contribution in [0.1, 0.15) is 16.9 Å². The fourth-order valence-corrected chi connectivity index (χ4v) is 2.88. The summed E-state index contributed by atoms with van der Waals surface area (Å²) in [6, 6.07) is 12.9. The Hall–Kier alpha value is -1.58. The molecule has 0 bridgehead atoms. The first-order valence-corrected chi connectivity index (χ1v) is 6.42. The molecule has 3 N–H and O–H groups in total. The van der Waals surface area contributed by atoms with Crippen molar-refractivity contribution in [1.82, 2.24) is 5.43 Å². The van der Waals surface area contributed by atoms with Gasteiger partial charge in [-0.25, -0.2) is 0 Å². The molecule has 0 saturated carbocycles. The number of hydrazine groups is 1. The first-order chi connectivity index (χ1) is 8.86. The summed E-state index contributed by atoms with van der Waals surface area (Å²) in [5, 5.41) is 0. The van der Waals surface area contributed by atoms with E-state index < -0.39 is 0 Å². The van der Waals surface area contributed by atoms with Gasteiger partial charge in [-0.05, 0) is 42.0 Å². The average molecular weight is 242 g/mol. The molecule has 1 aromatic heterocycles. The third-order valence-corrected chi connectivity index (χ3v) is 3.87. The molecule has 0 fully saturated rings. The zero-order valence-corrected chi connectivity index (χ0v) is 10.3. The van der Waals surface area contributed by atoms with Crippen LogP contribution in [0.15, 0.2) is 47.1 Å². The van der Waals surface area contributed by atoms with Gasteiger partial charge in [0.05, 0.1) is 6.26 Å². The van der Waals surface area contributed by atoms with E-state index in [0.717, 1.165) is 25.0 Å². The molecule has 1 aliphatic rings. The predicted octanol–water partition coefficient (Wildman–Crippen LogP) is 2.07. The van der Waals surface area contributed by atoms with E-state index in [9.17, 15) is 0 Å². The molecule has 18 heavy (non-hydrogen) atoms. The highest BCUT2D eigenvalue weighted by Gasteiger charge is 2.28. The summed E-state index contributed by atoms with van der Waals surface area (Å²) >= 11 is 0. The lowest BCUT2D eigenvalue weighted by Gasteiger charge is -2.21. The van der Waals surface area contributed by atoms with Crippen molar-refractivity contribution in [3.05, 3.63) is 59.5 Å². The van der Waals surface area contributed by atoms with E-state index >= 15 is 0 Å². The minimum Gasteiger partial charge on any atom is -0.469 e. The van der Waals surface area contributed by atoms with Crippen molar-refractivity contribution in [3.63, 3.8) is 0 Å². The van der Waals surface area contributed by atoms with Crippen LogP contribution in [0.4, 0.5) is 0 Å². The van der Waals surface area contributed by atoms with Gasteiger partial charge in [0.25, 0.3) is 0 Å². The third-order valence-electron chi connectivity index (χ3n) is 3.87. The Morgan fingerprint density at radius 3 is 2.44 bits per heavy atom. The number of furan rings is 1. The molecule has 1 aliphatic carbocycles. The van der Waals surface area contributed by atoms with Gasteiger partial charge in [-0.2, -0.15) is 0 Å². The maximum atomic E-state index is 5.71. The van der Waals surface area contributed by atoms with Crippen molar-refractivity contribution >= 4 is 0 Å². The van der Waals surface area contributed by atoms with E-state index in [1.807, 2.05) is 12.1 Å². The SMILES string of the molecule is NNC(Cc1ccco1)C1Cc2ccccc2C1. The molecule has 0 radical (unpaired) electrons. The third kappa shape index (κ3) is 2.19. The summed E-state index contributed by atoms with van der Waals surface area (Å²) < 4.78 is 5.41. The van der Waals surface area contributed by atoms with Gasteiger partial charge in [-0.1, -0.05) is 24.3 Å². The highest BCUT2D eigenvalue weighted by atomic mass is 16.3. The van der Waals surface area contributed by atoms with E-state index in [4.69, 9.17) is 10.3 Å². The van der Waals surface area contributed by atoms with Crippen LogP contribution in [-0.4, -0.2) is 6.04 Å². The zero-order chi connectivity index (χ0) is 12.4. The van der Waals surface area contributed by atoms with Gasteiger partial charge in [0.15, 0.2) is 0 Å². The van der Waals surface area contributed by atoms with Crippen LogP contribution >= 0.6 is 0 Å². The van der Waals surface area contributed by atoms with Crippen molar-refractivity contribution < 1.29 is 4.42 Å². The molecular formula is C15H18N2O. The molecule has 0 amide bonds. The standard InChI is InChI=1S/C15H18N2O/c16-17-15(10-14-6-3-7-18-14)13-8-11-4-1-2-5-12(11)9-13/h1-7,13,15,17H,8-10,16H2. The lowest BCUT2D eigenvalue weighted by molar-refractivity contribution is 0.344. The van der Waals surface area contributed by atoms with Gasteiger partial charge in [0.2, 0.25) is 0 Å². The summed E-state index contributed by atoms with van der Waals surface area (Å²) in [6.45, 7) is 0. The fraction of sp³-hybridized carbons (Fsp3) is 0.333. The minimum absolute atomic E-state index is 0.267. The Kier molecular flexibility index (Phi) is 3.17. The van der Waals surface area contributed by atoms with E-state index in [1.54, 1.807) is 6.26 Å². The van der Waals surface area contributed by atoms with Gasteiger partial charge in [0, 0.05) is 12.5 Å². The van der Waals surface area contributed by atoms with E-state index in [-0.39, 0.29) is 6.04 Å². The molecule has 3 nitrogen and oxygen atoms in total. The summed E-state index contributed by atoms with van der Waals surface area (Å²) in [5.74, 6) is 7.26. The van der Waals surface area contributed by atoms with Gasteiger partial charge in [-0.15, -0.1) is 0 Å². The number of rotatable bonds is 4. The average Bonchev–Trinajstić information content (AvgIpc) is 3.04. The van der Waals surface area contributed by atoms with Crippen LogP contribution in [-0.2, 0) is 19.3 Å². The molecule has 2 aromatic rings. The predicted molar refractivity (Wildman–Crippen MR) is 70.9 cm³/mol. The Balaban J connectivity index is 1.71. The number of fused-ring (bicyclic) bond motifs is 1. The van der Waals surface area contributed by atoms with Crippen molar-refractivity contribution in [2.75, 3.05) is 0 Å². The largest absolute Gasteiger partial charge is 0.469 e. The molecule has 94 valence electrons. The lowest BCUT2D eigenvalue weighted by Crippen LogP contribution is -2.42. The van der Waals surface area contributed by atoms with Crippen LogP contribution < -0.4 is 11.3 Å². The van der Waals surface area contributed by atoms with Crippen molar-refractivity contribution in [2.24, 2.45) is 11.8 Å². The molecule has 3 heteroatoms. The molecule has 0 aliphatic heterocycles. The molecule has 3 rings (SSSR count). The summed E-state index contributed by atoms with van der Waals surface area (Å²) in [7, 11) is 0. The quantitative estimate of drug-likeness (QED) is 0.637. The van der Waals surface area contributed by atoms with Crippen LogP contribution in [0, 0.1) is 5.92 Å². The Morgan fingerprint density at radius 2 is 1.89 bits per heavy atom. The molecule has 1 unspecified atom stereocenters. The normalized spacial score (nSPS) is 16.7. The van der Waals surface area contributed by atoms with Gasteiger partial charge in [-0.3, -0.25) is 11.3 Å². The first-order valence-electron chi connectivity index (χ1n) is 6.42. The Morgan fingerprint density at radius 1 is 1.17 bits per heavy atom. The van der Waals surface area contributed by atoms with Gasteiger partial charge < -0.3 is 4.42 Å². The van der Waals surface area contributed by atoms with E-state index in [0.29, 0.717) is 5.92 Å². The van der Waals surface area contributed by atoms with Gasteiger partial charge in [0.1, 0.15) is 5.76 Å². The van der Waals surface area contributed by atoms with Crippen molar-refractivity contribution in [1.29, 1.82) is 0 Å². The van der Waals surface area contributed by atoms with Crippen molar-refractivity contribution in [3.8, 4) is 0 Å². The van der Waals surface area contributed by atoms with E-state index in [1.165, 1.54) is 11.1 Å². The maximum Gasteiger partial charge on any atom is 0.105 e. The Labute approximate surface area is 107 Å². The summed E-state index contributed by atoms with van der Waals surface area (Å²) in [4.78, 5) is 0. The topological polar surface area (TPSA) is 51.2 Å². The number of nitrogens with one attached hydrogen (secondary N) is 1. The maximum absolute atomic E-state index is 5.71. The number of benzene rings is 1. The summed E-state index contributed by atoms with van der Waals surface area (Å²) in [5.41, 5.74) is 5.88. The molecule has 1 aromatic carbocycles.